The number of hydrogen-bond donors (Lipinski definition) is 1. The lowest BCUT2D eigenvalue weighted by Gasteiger charge is -2.12. The van der Waals surface area contributed by atoms with Crippen molar-refractivity contribution < 1.29 is 13.9 Å². The molecule has 26 heavy (non-hydrogen) atoms. The van der Waals surface area contributed by atoms with Crippen LogP contribution in [0.4, 0.5) is 10.1 Å². The number of carbonyl (C=O) groups excluding carboxylic acids is 1. The van der Waals surface area contributed by atoms with Crippen LogP contribution in [0.5, 0.6) is 5.88 Å². The molecular formula is C20H20FN3O2. The van der Waals surface area contributed by atoms with E-state index in [0.717, 1.165) is 17.5 Å². The van der Waals surface area contributed by atoms with Crippen LogP contribution in [0.2, 0.25) is 0 Å². The first-order chi connectivity index (χ1) is 12.5. The van der Waals surface area contributed by atoms with Gasteiger partial charge in [0, 0.05) is 5.69 Å². The van der Waals surface area contributed by atoms with Crippen LogP contribution in [0.25, 0.3) is 11.0 Å². The van der Waals surface area contributed by atoms with E-state index in [1.54, 1.807) is 6.07 Å². The second-order valence-electron chi connectivity index (χ2n) is 6.12. The number of benzene rings is 2. The van der Waals surface area contributed by atoms with Gasteiger partial charge in [0.25, 0.3) is 5.91 Å². The number of aromatic nitrogens is 2. The standard InChI is InChI=1S/C20H20FN3O2/c1-4-8-26-20-18(19(25)22-15-7-5-6-14(21)11-15)23-16-9-12(2)13(3)10-17(16)24-20/h5-7,9-11H,4,8H2,1-3H3,(H,22,25). The Kier molecular flexibility index (Phi) is 5.11. The molecule has 1 amide bonds. The van der Waals surface area contributed by atoms with Gasteiger partial charge in [-0.25, -0.2) is 14.4 Å². The molecule has 6 heteroatoms. The van der Waals surface area contributed by atoms with Gasteiger partial charge in [-0.3, -0.25) is 4.79 Å². The number of hydrogen-bond acceptors (Lipinski definition) is 4. The molecule has 0 aliphatic heterocycles. The first-order valence-electron chi connectivity index (χ1n) is 8.46. The van der Waals surface area contributed by atoms with Crippen molar-refractivity contribution in [3.63, 3.8) is 0 Å². The van der Waals surface area contributed by atoms with E-state index in [-0.39, 0.29) is 11.6 Å². The molecule has 2 aromatic carbocycles. The third-order valence-corrected chi connectivity index (χ3v) is 3.99. The number of ether oxygens (including phenoxy) is 1. The molecule has 134 valence electrons. The third-order valence-electron chi connectivity index (χ3n) is 3.99. The van der Waals surface area contributed by atoms with Gasteiger partial charge < -0.3 is 10.1 Å². The van der Waals surface area contributed by atoms with Crippen LogP contribution in [0.1, 0.15) is 35.0 Å². The number of fused-ring (bicyclic) bond motifs is 1. The van der Waals surface area contributed by atoms with Crippen LogP contribution in [0, 0.1) is 19.7 Å². The number of halogens is 1. The highest BCUT2D eigenvalue weighted by atomic mass is 19.1. The summed E-state index contributed by atoms with van der Waals surface area (Å²) in [5, 5.41) is 2.65. The van der Waals surface area contributed by atoms with Gasteiger partial charge >= 0.3 is 0 Å². The number of carbonyl (C=O) groups is 1. The summed E-state index contributed by atoms with van der Waals surface area (Å²) >= 11 is 0. The minimum atomic E-state index is -0.491. The lowest BCUT2D eigenvalue weighted by molar-refractivity contribution is 0.101. The Morgan fingerprint density at radius 2 is 1.81 bits per heavy atom. The second kappa shape index (κ2) is 7.47. The van der Waals surface area contributed by atoms with E-state index in [0.29, 0.717) is 23.3 Å². The zero-order valence-corrected chi connectivity index (χ0v) is 15.0. The zero-order valence-electron chi connectivity index (χ0n) is 15.0. The number of nitrogens with one attached hydrogen (secondary N) is 1. The maximum atomic E-state index is 13.4. The summed E-state index contributed by atoms with van der Waals surface area (Å²) in [7, 11) is 0. The van der Waals surface area contributed by atoms with Gasteiger partial charge in [0.05, 0.1) is 17.6 Å². The number of rotatable bonds is 5. The number of anilines is 1. The fourth-order valence-electron chi connectivity index (χ4n) is 2.50. The highest BCUT2D eigenvalue weighted by Crippen LogP contribution is 2.23. The Bertz CT molecular complexity index is 973. The van der Waals surface area contributed by atoms with E-state index in [4.69, 9.17) is 4.74 Å². The van der Waals surface area contributed by atoms with Crippen molar-refractivity contribution in [1.82, 2.24) is 9.97 Å². The van der Waals surface area contributed by atoms with Crippen LogP contribution in [-0.4, -0.2) is 22.5 Å². The molecule has 5 nitrogen and oxygen atoms in total. The molecule has 0 saturated carbocycles. The number of nitrogens with zero attached hydrogens (tertiary/aromatic N) is 2. The Morgan fingerprint density at radius 1 is 1.12 bits per heavy atom. The van der Waals surface area contributed by atoms with Gasteiger partial charge in [-0.05, 0) is 61.7 Å². The maximum Gasteiger partial charge on any atom is 0.279 e. The van der Waals surface area contributed by atoms with Crippen LogP contribution >= 0.6 is 0 Å². The number of amides is 1. The van der Waals surface area contributed by atoms with Crippen molar-refractivity contribution in [3.8, 4) is 5.88 Å². The molecule has 0 spiro atoms. The summed E-state index contributed by atoms with van der Waals surface area (Å²) < 4.78 is 19.0. The highest BCUT2D eigenvalue weighted by molar-refractivity contribution is 6.05. The SMILES string of the molecule is CCCOc1nc2cc(C)c(C)cc2nc1C(=O)Nc1cccc(F)c1. The summed E-state index contributed by atoms with van der Waals surface area (Å²) in [6.07, 6.45) is 0.775. The van der Waals surface area contributed by atoms with Gasteiger partial charge in [-0.2, -0.15) is 0 Å². The molecule has 0 aliphatic carbocycles. The highest BCUT2D eigenvalue weighted by Gasteiger charge is 2.19. The van der Waals surface area contributed by atoms with Crippen LogP contribution in [0.3, 0.4) is 0 Å². The minimum absolute atomic E-state index is 0.0819. The van der Waals surface area contributed by atoms with E-state index < -0.39 is 11.7 Å². The first kappa shape index (κ1) is 17.8. The van der Waals surface area contributed by atoms with Crippen LogP contribution < -0.4 is 10.1 Å². The van der Waals surface area contributed by atoms with E-state index in [1.807, 2.05) is 32.9 Å². The molecule has 0 fully saturated rings. The third kappa shape index (κ3) is 3.79. The number of aryl methyl sites for hydroxylation is 2. The van der Waals surface area contributed by atoms with E-state index >= 15 is 0 Å². The Labute approximate surface area is 151 Å². The van der Waals surface area contributed by atoms with Gasteiger partial charge in [0.15, 0.2) is 5.69 Å². The molecule has 1 heterocycles. The Morgan fingerprint density at radius 3 is 2.46 bits per heavy atom. The van der Waals surface area contributed by atoms with E-state index in [2.05, 4.69) is 15.3 Å². The molecule has 1 N–H and O–H groups in total. The van der Waals surface area contributed by atoms with E-state index in [1.165, 1.54) is 18.2 Å². The van der Waals surface area contributed by atoms with Crippen molar-refractivity contribution in [2.75, 3.05) is 11.9 Å². The van der Waals surface area contributed by atoms with Gasteiger partial charge in [0.2, 0.25) is 5.88 Å². The molecule has 3 rings (SSSR count). The van der Waals surface area contributed by atoms with Crippen molar-refractivity contribution in [3.05, 3.63) is 59.0 Å². The molecule has 0 bridgehead atoms. The summed E-state index contributed by atoms with van der Waals surface area (Å²) in [5.74, 6) is -0.744. The quantitative estimate of drug-likeness (QED) is 0.737. The monoisotopic (exact) mass is 353 g/mol. The van der Waals surface area contributed by atoms with E-state index in [9.17, 15) is 9.18 Å². The predicted molar refractivity (Wildman–Crippen MR) is 99.2 cm³/mol. The van der Waals surface area contributed by atoms with Gasteiger partial charge in [-0.15, -0.1) is 0 Å². The molecular weight excluding hydrogens is 333 g/mol. The van der Waals surface area contributed by atoms with Gasteiger partial charge in [-0.1, -0.05) is 13.0 Å². The average Bonchev–Trinajstić information content (AvgIpc) is 2.60. The fourth-order valence-corrected chi connectivity index (χ4v) is 2.50. The second-order valence-corrected chi connectivity index (χ2v) is 6.12. The molecule has 0 aliphatic rings. The fraction of sp³-hybridized carbons (Fsp3) is 0.250. The Balaban J connectivity index is 2.03. The Hall–Kier alpha value is -3.02. The topological polar surface area (TPSA) is 64.1 Å². The maximum absolute atomic E-state index is 13.4. The van der Waals surface area contributed by atoms with Crippen molar-refractivity contribution in [2.24, 2.45) is 0 Å². The molecule has 0 unspecified atom stereocenters. The summed E-state index contributed by atoms with van der Waals surface area (Å²) in [6.45, 7) is 6.36. The van der Waals surface area contributed by atoms with Crippen molar-refractivity contribution >= 4 is 22.6 Å². The van der Waals surface area contributed by atoms with Crippen molar-refractivity contribution in [1.29, 1.82) is 0 Å². The molecule has 0 radical (unpaired) electrons. The van der Waals surface area contributed by atoms with Crippen molar-refractivity contribution in [2.45, 2.75) is 27.2 Å². The summed E-state index contributed by atoms with van der Waals surface area (Å²) in [5.41, 5.74) is 3.86. The predicted octanol–water partition coefficient (Wildman–Crippen LogP) is 4.43. The molecule has 3 aromatic rings. The minimum Gasteiger partial charge on any atom is -0.476 e. The lowest BCUT2D eigenvalue weighted by atomic mass is 10.1. The zero-order chi connectivity index (χ0) is 18.7. The molecule has 0 atom stereocenters. The van der Waals surface area contributed by atoms with Crippen LogP contribution in [-0.2, 0) is 0 Å². The largest absolute Gasteiger partial charge is 0.476 e. The summed E-state index contributed by atoms with van der Waals surface area (Å²) in [6, 6.07) is 9.50. The normalized spacial score (nSPS) is 10.8. The molecule has 1 aromatic heterocycles. The summed E-state index contributed by atoms with van der Waals surface area (Å²) in [4.78, 5) is 21.6. The smallest absolute Gasteiger partial charge is 0.279 e. The first-order valence-corrected chi connectivity index (χ1v) is 8.46. The van der Waals surface area contributed by atoms with Crippen LogP contribution in [0.15, 0.2) is 36.4 Å². The lowest BCUT2D eigenvalue weighted by Crippen LogP contribution is -2.17. The van der Waals surface area contributed by atoms with Gasteiger partial charge in [0.1, 0.15) is 5.82 Å². The molecule has 0 saturated heterocycles. The average molecular weight is 353 g/mol.